The van der Waals surface area contributed by atoms with Crippen molar-refractivity contribution in [2.75, 3.05) is 11.5 Å². The first kappa shape index (κ1) is 14.8. The molecule has 22 heavy (non-hydrogen) atoms. The molecule has 1 aliphatic rings. The van der Waals surface area contributed by atoms with E-state index in [-0.39, 0.29) is 23.5 Å². The van der Waals surface area contributed by atoms with E-state index in [0.29, 0.717) is 18.4 Å². The molecule has 1 unspecified atom stereocenters. The van der Waals surface area contributed by atoms with Crippen LogP contribution in [0.2, 0.25) is 0 Å². The van der Waals surface area contributed by atoms with Gasteiger partial charge in [0.1, 0.15) is 0 Å². The first-order valence-electron chi connectivity index (χ1n) is 7.13. The number of carbonyl (C=O) groups is 1. The fraction of sp³-hybridized carbons (Fsp3) is 0.333. The number of sulfone groups is 1. The van der Waals surface area contributed by atoms with Gasteiger partial charge in [-0.25, -0.2) is 13.4 Å². The van der Waals surface area contributed by atoms with Crippen LogP contribution in [0.1, 0.15) is 23.2 Å². The van der Waals surface area contributed by atoms with Crippen molar-refractivity contribution in [3.63, 3.8) is 0 Å². The van der Waals surface area contributed by atoms with Crippen molar-refractivity contribution < 1.29 is 13.2 Å². The normalized spacial score (nSPS) is 20.5. The Labute approximate surface area is 129 Å². The van der Waals surface area contributed by atoms with Gasteiger partial charge in [0.15, 0.2) is 9.84 Å². The highest BCUT2D eigenvalue weighted by molar-refractivity contribution is 7.91. The van der Waals surface area contributed by atoms with Gasteiger partial charge in [0.25, 0.3) is 5.91 Å². The minimum Gasteiger partial charge on any atom is -0.348 e. The number of nitrogens with one attached hydrogen (secondary N) is 1. The maximum absolute atomic E-state index is 12.3. The van der Waals surface area contributed by atoms with Crippen LogP contribution >= 0.6 is 0 Å². The Morgan fingerprint density at radius 3 is 2.95 bits per heavy atom. The molecule has 6 nitrogen and oxygen atoms in total. The van der Waals surface area contributed by atoms with Crippen molar-refractivity contribution in [1.29, 1.82) is 0 Å². The van der Waals surface area contributed by atoms with Gasteiger partial charge in [-0.3, -0.25) is 4.79 Å². The molecule has 0 saturated carbocycles. The minimum atomic E-state index is -3.03. The summed E-state index contributed by atoms with van der Waals surface area (Å²) in [5.74, 6) is -0.000763. The molecule has 116 valence electrons. The number of carbonyl (C=O) groups excluding carboxylic acids is 1. The molecule has 2 heterocycles. The number of hydrogen-bond donors (Lipinski definition) is 1. The van der Waals surface area contributed by atoms with Crippen LogP contribution in [-0.2, 0) is 9.84 Å². The van der Waals surface area contributed by atoms with Crippen LogP contribution in [0.25, 0.3) is 5.69 Å². The first-order valence-corrected chi connectivity index (χ1v) is 8.95. The summed E-state index contributed by atoms with van der Waals surface area (Å²) in [6, 6.07) is 6.84. The van der Waals surface area contributed by atoms with Gasteiger partial charge in [-0.15, -0.1) is 0 Å². The predicted octanol–water partition coefficient (Wildman–Crippen LogP) is 1.18. The Bertz CT molecular complexity index is 769. The lowest BCUT2D eigenvalue weighted by Crippen LogP contribution is -2.43. The Morgan fingerprint density at radius 1 is 1.36 bits per heavy atom. The molecule has 1 aliphatic heterocycles. The van der Waals surface area contributed by atoms with Crippen molar-refractivity contribution >= 4 is 15.7 Å². The Balaban J connectivity index is 1.74. The van der Waals surface area contributed by atoms with Crippen LogP contribution in [0.15, 0.2) is 43.0 Å². The van der Waals surface area contributed by atoms with Gasteiger partial charge in [-0.2, -0.15) is 0 Å². The number of imidazole rings is 1. The second-order valence-electron chi connectivity index (χ2n) is 5.45. The van der Waals surface area contributed by atoms with E-state index in [1.54, 1.807) is 36.9 Å². The van der Waals surface area contributed by atoms with Gasteiger partial charge in [-0.1, -0.05) is 6.07 Å². The summed E-state index contributed by atoms with van der Waals surface area (Å²) in [5, 5.41) is 2.82. The smallest absolute Gasteiger partial charge is 0.251 e. The van der Waals surface area contributed by atoms with Gasteiger partial charge in [0.05, 0.1) is 17.8 Å². The number of nitrogens with zero attached hydrogens (tertiary/aromatic N) is 2. The Kier molecular flexibility index (Phi) is 3.98. The van der Waals surface area contributed by atoms with Crippen LogP contribution in [0.5, 0.6) is 0 Å². The highest BCUT2D eigenvalue weighted by Crippen LogP contribution is 2.14. The molecular weight excluding hydrogens is 302 g/mol. The van der Waals surface area contributed by atoms with E-state index in [9.17, 15) is 13.2 Å². The van der Waals surface area contributed by atoms with Crippen molar-refractivity contribution in [1.82, 2.24) is 14.9 Å². The molecule has 3 rings (SSSR count). The summed E-state index contributed by atoms with van der Waals surface area (Å²) < 4.78 is 25.1. The van der Waals surface area contributed by atoms with E-state index in [1.807, 2.05) is 10.6 Å². The maximum atomic E-state index is 12.3. The SMILES string of the molecule is O=C(NC1CCCS(=O)(=O)C1)c1cccc(-n2ccnc2)c1. The van der Waals surface area contributed by atoms with Gasteiger partial charge in [0.2, 0.25) is 0 Å². The highest BCUT2D eigenvalue weighted by Gasteiger charge is 2.26. The molecule has 7 heteroatoms. The molecular formula is C15H17N3O3S. The second kappa shape index (κ2) is 5.92. The molecule has 1 aromatic heterocycles. The molecule has 1 amide bonds. The fourth-order valence-electron chi connectivity index (χ4n) is 2.63. The van der Waals surface area contributed by atoms with Crippen LogP contribution in [0.4, 0.5) is 0 Å². The molecule has 1 atom stereocenters. The molecule has 2 aromatic rings. The first-order chi connectivity index (χ1) is 10.5. The lowest BCUT2D eigenvalue weighted by molar-refractivity contribution is 0.0938. The zero-order chi connectivity index (χ0) is 15.6. The second-order valence-corrected chi connectivity index (χ2v) is 7.68. The molecule has 0 bridgehead atoms. The van der Waals surface area contributed by atoms with Crippen molar-refractivity contribution in [3.8, 4) is 5.69 Å². The van der Waals surface area contributed by atoms with Crippen LogP contribution < -0.4 is 5.32 Å². The van der Waals surface area contributed by atoms with Crippen molar-refractivity contribution in [2.24, 2.45) is 0 Å². The fourth-order valence-corrected chi connectivity index (χ4v) is 4.26. The largest absolute Gasteiger partial charge is 0.348 e. The van der Waals surface area contributed by atoms with E-state index >= 15 is 0 Å². The van der Waals surface area contributed by atoms with Crippen molar-refractivity contribution in [3.05, 3.63) is 48.5 Å². The standard InChI is InChI=1S/C15H17N3O3S/c19-15(17-13-4-2-8-22(20,21)10-13)12-3-1-5-14(9-12)18-7-6-16-11-18/h1,3,5-7,9,11,13H,2,4,8,10H2,(H,17,19). The van der Waals surface area contributed by atoms with Crippen LogP contribution in [0, 0.1) is 0 Å². The Hall–Kier alpha value is -2.15. The number of amides is 1. The molecule has 1 N–H and O–H groups in total. The third kappa shape index (κ3) is 3.36. The predicted molar refractivity (Wildman–Crippen MR) is 82.7 cm³/mol. The summed E-state index contributed by atoms with van der Waals surface area (Å²) in [7, 11) is -3.03. The average molecular weight is 319 g/mol. The summed E-state index contributed by atoms with van der Waals surface area (Å²) in [5.41, 5.74) is 1.34. The third-order valence-electron chi connectivity index (χ3n) is 3.71. The quantitative estimate of drug-likeness (QED) is 0.921. The zero-order valence-corrected chi connectivity index (χ0v) is 12.8. The molecule has 1 saturated heterocycles. The topological polar surface area (TPSA) is 81.1 Å². The number of hydrogen-bond acceptors (Lipinski definition) is 4. The summed E-state index contributed by atoms with van der Waals surface area (Å²) >= 11 is 0. The average Bonchev–Trinajstić information content (AvgIpc) is 3.00. The summed E-state index contributed by atoms with van der Waals surface area (Å²) in [6.07, 6.45) is 6.42. The lowest BCUT2D eigenvalue weighted by Gasteiger charge is -2.23. The molecule has 1 aromatic carbocycles. The Morgan fingerprint density at radius 2 is 2.23 bits per heavy atom. The minimum absolute atomic E-state index is 0.0277. The van der Waals surface area contributed by atoms with E-state index in [2.05, 4.69) is 10.3 Å². The molecule has 1 fully saturated rings. The van der Waals surface area contributed by atoms with E-state index in [4.69, 9.17) is 0 Å². The summed E-state index contributed by atoms with van der Waals surface area (Å²) in [4.78, 5) is 16.3. The molecule has 0 radical (unpaired) electrons. The van der Waals surface area contributed by atoms with E-state index in [1.165, 1.54) is 0 Å². The van der Waals surface area contributed by atoms with Crippen molar-refractivity contribution in [2.45, 2.75) is 18.9 Å². The monoisotopic (exact) mass is 319 g/mol. The maximum Gasteiger partial charge on any atom is 0.251 e. The van der Waals surface area contributed by atoms with Gasteiger partial charge < -0.3 is 9.88 Å². The summed E-state index contributed by atoms with van der Waals surface area (Å²) in [6.45, 7) is 0. The number of aromatic nitrogens is 2. The number of rotatable bonds is 3. The third-order valence-corrected chi connectivity index (χ3v) is 5.53. The van der Waals surface area contributed by atoms with E-state index in [0.717, 1.165) is 5.69 Å². The van der Waals surface area contributed by atoms with Gasteiger partial charge in [-0.05, 0) is 31.0 Å². The van der Waals surface area contributed by atoms with Crippen LogP contribution in [0.3, 0.4) is 0 Å². The lowest BCUT2D eigenvalue weighted by atomic mass is 10.1. The van der Waals surface area contributed by atoms with Gasteiger partial charge >= 0.3 is 0 Å². The molecule has 0 aliphatic carbocycles. The van der Waals surface area contributed by atoms with E-state index < -0.39 is 9.84 Å². The van der Waals surface area contributed by atoms with Crippen LogP contribution in [-0.4, -0.2) is 41.4 Å². The van der Waals surface area contributed by atoms with Gasteiger partial charge in [0, 0.05) is 29.7 Å². The highest BCUT2D eigenvalue weighted by atomic mass is 32.2. The number of benzene rings is 1. The molecule has 0 spiro atoms. The zero-order valence-electron chi connectivity index (χ0n) is 12.0.